The van der Waals surface area contributed by atoms with E-state index in [2.05, 4.69) is 5.32 Å². The summed E-state index contributed by atoms with van der Waals surface area (Å²) < 4.78 is 34.6. The smallest absolute Gasteiger partial charge is 0.323 e. The summed E-state index contributed by atoms with van der Waals surface area (Å²) in [6.45, 7) is 5.65. The van der Waals surface area contributed by atoms with Gasteiger partial charge in [-0.1, -0.05) is 42.0 Å². The van der Waals surface area contributed by atoms with E-state index < -0.39 is 10.1 Å². The zero-order valence-electron chi connectivity index (χ0n) is 18.0. The van der Waals surface area contributed by atoms with Gasteiger partial charge in [0.1, 0.15) is 6.04 Å². The minimum atomic E-state index is -4.02. The van der Waals surface area contributed by atoms with Crippen molar-refractivity contribution in [1.82, 2.24) is 5.32 Å². The summed E-state index contributed by atoms with van der Waals surface area (Å²) in [6, 6.07) is 13.8. The van der Waals surface area contributed by atoms with E-state index in [-0.39, 0.29) is 22.7 Å². The van der Waals surface area contributed by atoms with E-state index in [1.807, 2.05) is 38.1 Å². The van der Waals surface area contributed by atoms with Crippen molar-refractivity contribution < 1.29 is 27.3 Å². The summed E-state index contributed by atoms with van der Waals surface area (Å²) in [5.41, 5.74) is 2.87. The first-order chi connectivity index (χ1) is 14.6. The Labute approximate surface area is 183 Å². The zero-order valence-corrected chi connectivity index (χ0v) is 18.8. The molecule has 7 nitrogen and oxygen atoms in total. The Kier molecular flexibility index (Phi) is 8.91. The highest BCUT2D eigenvalue weighted by Gasteiger charge is 2.29. The van der Waals surface area contributed by atoms with Gasteiger partial charge in [-0.15, -0.1) is 0 Å². The van der Waals surface area contributed by atoms with Crippen molar-refractivity contribution in [3.05, 3.63) is 65.2 Å². The Bertz CT molecular complexity index is 984. The molecule has 0 amide bonds. The average molecular weight is 448 g/mol. The molecule has 0 saturated carbocycles. The van der Waals surface area contributed by atoms with Crippen LogP contribution in [0.25, 0.3) is 0 Å². The second-order valence-corrected chi connectivity index (χ2v) is 8.91. The van der Waals surface area contributed by atoms with E-state index in [0.29, 0.717) is 12.6 Å². The lowest BCUT2D eigenvalue weighted by atomic mass is 10.0. The summed E-state index contributed by atoms with van der Waals surface area (Å²) in [4.78, 5) is 22.8. The van der Waals surface area contributed by atoms with Crippen LogP contribution in [0.5, 0.6) is 0 Å². The molecule has 2 unspecified atom stereocenters. The largest absolute Gasteiger partial charge is 0.465 e. The minimum absolute atomic E-state index is 0.0666. The molecule has 1 aliphatic rings. The molecule has 0 aromatic heterocycles. The van der Waals surface area contributed by atoms with Gasteiger partial charge in [0.15, 0.2) is 5.78 Å². The van der Waals surface area contributed by atoms with Gasteiger partial charge in [0.25, 0.3) is 10.1 Å². The summed E-state index contributed by atoms with van der Waals surface area (Å²) >= 11 is 0. The van der Waals surface area contributed by atoms with Crippen molar-refractivity contribution in [1.29, 1.82) is 0 Å². The molecule has 0 bridgehead atoms. The van der Waals surface area contributed by atoms with Gasteiger partial charge >= 0.3 is 5.97 Å². The molecule has 2 atom stereocenters. The van der Waals surface area contributed by atoms with Gasteiger partial charge in [0, 0.05) is 11.6 Å². The van der Waals surface area contributed by atoms with E-state index in [9.17, 15) is 18.0 Å². The van der Waals surface area contributed by atoms with Crippen LogP contribution in [0.3, 0.4) is 0 Å². The highest BCUT2D eigenvalue weighted by atomic mass is 32.2. The van der Waals surface area contributed by atoms with Crippen LogP contribution in [0.1, 0.15) is 48.2 Å². The summed E-state index contributed by atoms with van der Waals surface area (Å²) in [5.74, 6) is -0.0696. The third-order valence-electron chi connectivity index (χ3n) is 4.97. The molecule has 168 valence electrons. The Morgan fingerprint density at radius 2 is 1.68 bits per heavy atom. The van der Waals surface area contributed by atoms with Crippen molar-refractivity contribution in [2.75, 3.05) is 6.61 Å². The Morgan fingerprint density at radius 1 is 1.06 bits per heavy atom. The molecule has 0 aliphatic carbocycles. The third-order valence-corrected chi connectivity index (χ3v) is 5.84. The lowest BCUT2D eigenvalue weighted by molar-refractivity contribution is -0.145. The molecule has 2 N–H and O–H groups in total. The maximum absolute atomic E-state index is 11.6. The first-order valence-electron chi connectivity index (χ1n) is 10.2. The number of Topliss-reactive ketones (excluding diaryl/α,β-unsaturated/α-hetero) is 1. The van der Waals surface area contributed by atoms with E-state index in [1.54, 1.807) is 19.1 Å². The molecule has 8 heteroatoms. The molecule has 2 aromatic rings. The maximum Gasteiger partial charge on any atom is 0.323 e. The molecule has 1 saturated heterocycles. The van der Waals surface area contributed by atoms with Gasteiger partial charge in [0.05, 0.1) is 11.5 Å². The van der Waals surface area contributed by atoms with Gasteiger partial charge < -0.3 is 10.1 Å². The van der Waals surface area contributed by atoms with Gasteiger partial charge in [0.2, 0.25) is 0 Å². The van der Waals surface area contributed by atoms with Crippen molar-refractivity contribution in [3.8, 4) is 0 Å². The standard InChI is InChI=1S/C16H21NO3.C7H8O3S/c1-3-20-16(19)15-9-8-14(17-15)10-12-4-6-13(7-5-12)11(2)18;1-6-2-4-7(5-3-6)11(8,9)10/h4-7,14-15,17H,3,8-10H2,1-2H3;2-5H,1H3,(H,8,9,10). The van der Waals surface area contributed by atoms with E-state index in [0.717, 1.165) is 30.4 Å². The highest BCUT2D eigenvalue weighted by molar-refractivity contribution is 7.85. The van der Waals surface area contributed by atoms with E-state index in [4.69, 9.17) is 9.29 Å². The summed E-state index contributed by atoms with van der Waals surface area (Å²) in [5, 5.41) is 3.32. The molecule has 0 radical (unpaired) electrons. The zero-order chi connectivity index (χ0) is 23.0. The number of hydrogen-bond acceptors (Lipinski definition) is 6. The number of carbonyl (C=O) groups is 2. The summed E-state index contributed by atoms with van der Waals surface area (Å²) in [7, 11) is -4.02. The first-order valence-corrected chi connectivity index (χ1v) is 11.6. The number of benzene rings is 2. The van der Waals surface area contributed by atoms with Crippen LogP contribution in [-0.4, -0.2) is 43.4 Å². The van der Waals surface area contributed by atoms with Crippen LogP contribution in [0.4, 0.5) is 0 Å². The predicted molar refractivity (Wildman–Crippen MR) is 118 cm³/mol. The molecule has 31 heavy (non-hydrogen) atoms. The quantitative estimate of drug-likeness (QED) is 0.397. The third kappa shape index (κ3) is 7.90. The number of aryl methyl sites for hydroxylation is 1. The predicted octanol–water partition coefficient (Wildman–Crippen LogP) is 3.36. The lowest BCUT2D eigenvalue weighted by Gasteiger charge is -2.13. The molecule has 3 rings (SSSR count). The molecule has 2 aromatic carbocycles. The van der Waals surface area contributed by atoms with Crippen LogP contribution in [0.15, 0.2) is 53.4 Å². The number of ether oxygens (including phenoxy) is 1. The fourth-order valence-corrected chi connectivity index (χ4v) is 3.76. The monoisotopic (exact) mass is 447 g/mol. The number of rotatable bonds is 6. The second-order valence-electron chi connectivity index (χ2n) is 7.49. The van der Waals surface area contributed by atoms with E-state index >= 15 is 0 Å². The Hall–Kier alpha value is -2.55. The number of hydrogen-bond donors (Lipinski definition) is 2. The molecular weight excluding hydrogens is 418 g/mol. The SMILES string of the molecule is CCOC(=O)C1CCC(Cc2ccc(C(C)=O)cc2)N1.Cc1ccc(S(=O)(=O)O)cc1. The van der Waals surface area contributed by atoms with Crippen molar-refractivity contribution in [2.45, 2.75) is 57.0 Å². The Balaban J connectivity index is 0.000000262. The van der Waals surface area contributed by atoms with Gasteiger partial charge in [-0.3, -0.25) is 14.1 Å². The Morgan fingerprint density at radius 3 is 2.19 bits per heavy atom. The number of nitrogens with one attached hydrogen (secondary N) is 1. The van der Waals surface area contributed by atoms with Crippen LogP contribution < -0.4 is 5.32 Å². The van der Waals surface area contributed by atoms with Gasteiger partial charge in [-0.2, -0.15) is 8.42 Å². The van der Waals surface area contributed by atoms with Crippen molar-refractivity contribution in [3.63, 3.8) is 0 Å². The van der Waals surface area contributed by atoms with Gasteiger partial charge in [-0.25, -0.2) is 0 Å². The van der Waals surface area contributed by atoms with Gasteiger partial charge in [-0.05, 0) is 57.7 Å². The number of ketones is 1. The summed E-state index contributed by atoms with van der Waals surface area (Å²) in [6.07, 6.45) is 2.67. The number of esters is 1. The van der Waals surface area contributed by atoms with Crippen molar-refractivity contribution >= 4 is 21.9 Å². The fourth-order valence-electron chi connectivity index (χ4n) is 3.28. The highest BCUT2D eigenvalue weighted by Crippen LogP contribution is 2.18. The number of carbonyl (C=O) groups excluding carboxylic acids is 2. The normalized spacial score (nSPS) is 18.1. The molecule has 1 heterocycles. The van der Waals surface area contributed by atoms with Crippen LogP contribution in [0.2, 0.25) is 0 Å². The van der Waals surface area contributed by atoms with Crippen LogP contribution >= 0.6 is 0 Å². The van der Waals surface area contributed by atoms with Crippen molar-refractivity contribution in [2.24, 2.45) is 0 Å². The van der Waals surface area contributed by atoms with Crippen LogP contribution in [0, 0.1) is 6.92 Å². The lowest BCUT2D eigenvalue weighted by Crippen LogP contribution is -2.37. The minimum Gasteiger partial charge on any atom is -0.465 e. The maximum atomic E-state index is 11.6. The molecule has 1 fully saturated rings. The molecule has 1 aliphatic heterocycles. The molecular formula is C23H29NO6S. The average Bonchev–Trinajstić information content (AvgIpc) is 3.17. The second kappa shape index (κ2) is 11.2. The topological polar surface area (TPSA) is 110 Å². The first kappa shape index (κ1) is 24.7. The fraction of sp³-hybridized carbons (Fsp3) is 0.391. The van der Waals surface area contributed by atoms with E-state index in [1.165, 1.54) is 17.7 Å². The molecule has 0 spiro atoms. The van der Waals surface area contributed by atoms with Crippen LogP contribution in [-0.2, 0) is 26.1 Å².